The molecule has 0 unspecified atom stereocenters. The third-order valence-corrected chi connectivity index (χ3v) is 5.88. The Morgan fingerprint density at radius 3 is 2.59 bits per heavy atom. The van der Waals surface area contributed by atoms with Crippen molar-refractivity contribution in [3.63, 3.8) is 0 Å². The zero-order chi connectivity index (χ0) is 18.9. The van der Waals surface area contributed by atoms with Crippen molar-refractivity contribution in [1.82, 2.24) is 10.2 Å². The fourth-order valence-electron chi connectivity index (χ4n) is 4.29. The van der Waals surface area contributed by atoms with Gasteiger partial charge in [-0.1, -0.05) is 30.3 Å². The van der Waals surface area contributed by atoms with Gasteiger partial charge in [-0.25, -0.2) is 0 Å². The Morgan fingerprint density at radius 1 is 1.11 bits per heavy atom. The molecule has 0 bridgehead atoms. The second-order valence-electron chi connectivity index (χ2n) is 7.89. The number of hydrogen-bond donors (Lipinski definition) is 2. The number of piperidine rings is 1. The first-order valence-corrected chi connectivity index (χ1v) is 10.6. The zero-order valence-corrected chi connectivity index (χ0v) is 16.3. The molecule has 5 heteroatoms. The maximum absolute atomic E-state index is 12.1. The lowest BCUT2D eigenvalue weighted by molar-refractivity contribution is -0.122. The fourth-order valence-corrected chi connectivity index (χ4v) is 4.29. The van der Waals surface area contributed by atoms with Crippen molar-refractivity contribution < 1.29 is 14.6 Å². The number of aliphatic hydroxyl groups is 1. The SMILES string of the molecule is O=C(CCCOCCc1ccccc1)NC1CCN([C@@H]2CCC[C@H]2O)CC1. The van der Waals surface area contributed by atoms with E-state index in [0.29, 0.717) is 25.7 Å². The Hall–Kier alpha value is -1.43. The van der Waals surface area contributed by atoms with Crippen molar-refractivity contribution in [2.24, 2.45) is 0 Å². The van der Waals surface area contributed by atoms with Crippen LogP contribution in [0.3, 0.4) is 0 Å². The van der Waals surface area contributed by atoms with Gasteiger partial charge in [-0.3, -0.25) is 9.69 Å². The number of nitrogens with one attached hydrogen (secondary N) is 1. The Labute approximate surface area is 163 Å². The molecule has 1 aromatic rings. The Balaban J connectivity index is 1.22. The molecule has 2 fully saturated rings. The fraction of sp³-hybridized carbons (Fsp3) is 0.682. The number of carbonyl (C=O) groups is 1. The molecule has 0 radical (unpaired) electrons. The lowest BCUT2D eigenvalue weighted by atomic mass is 10.0. The van der Waals surface area contributed by atoms with Crippen molar-refractivity contribution in [1.29, 1.82) is 0 Å². The van der Waals surface area contributed by atoms with Gasteiger partial charge >= 0.3 is 0 Å². The van der Waals surface area contributed by atoms with Gasteiger partial charge in [-0.05, 0) is 50.5 Å². The molecule has 5 nitrogen and oxygen atoms in total. The lowest BCUT2D eigenvalue weighted by Gasteiger charge is -2.37. The number of benzene rings is 1. The summed E-state index contributed by atoms with van der Waals surface area (Å²) in [5.41, 5.74) is 1.28. The van der Waals surface area contributed by atoms with E-state index < -0.39 is 0 Å². The number of nitrogens with zero attached hydrogens (tertiary/aromatic N) is 1. The van der Waals surface area contributed by atoms with E-state index in [0.717, 1.165) is 58.0 Å². The van der Waals surface area contributed by atoms with E-state index >= 15 is 0 Å². The minimum atomic E-state index is -0.155. The van der Waals surface area contributed by atoms with E-state index in [1.54, 1.807) is 0 Å². The first kappa shape index (κ1) is 20.3. The Bertz CT molecular complexity index is 558. The molecule has 1 aromatic carbocycles. The second kappa shape index (κ2) is 10.8. The van der Waals surface area contributed by atoms with Crippen LogP contribution in [0.4, 0.5) is 0 Å². The van der Waals surface area contributed by atoms with E-state index in [-0.39, 0.29) is 18.1 Å². The van der Waals surface area contributed by atoms with E-state index in [2.05, 4.69) is 22.3 Å². The highest BCUT2D eigenvalue weighted by molar-refractivity contribution is 5.76. The molecular weight excluding hydrogens is 340 g/mol. The summed E-state index contributed by atoms with van der Waals surface area (Å²) in [7, 11) is 0. The lowest BCUT2D eigenvalue weighted by Crippen LogP contribution is -2.49. The number of rotatable bonds is 9. The first-order valence-electron chi connectivity index (χ1n) is 10.6. The average Bonchev–Trinajstić information content (AvgIpc) is 3.12. The van der Waals surface area contributed by atoms with Crippen LogP contribution < -0.4 is 5.32 Å². The number of aliphatic hydroxyl groups excluding tert-OH is 1. The molecule has 0 spiro atoms. The molecule has 2 atom stereocenters. The highest BCUT2D eigenvalue weighted by Gasteiger charge is 2.33. The number of likely N-dealkylation sites (tertiary alicyclic amines) is 1. The third-order valence-electron chi connectivity index (χ3n) is 5.88. The van der Waals surface area contributed by atoms with Crippen LogP contribution in [-0.4, -0.2) is 60.4 Å². The summed E-state index contributed by atoms with van der Waals surface area (Å²) < 4.78 is 5.65. The summed E-state index contributed by atoms with van der Waals surface area (Å²) in [4.78, 5) is 14.6. The van der Waals surface area contributed by atoms with Gasteiger partial charge in [0, 0.05) is 38.2 Å². The molecule has 1 aliphatic heterocycles. The predicted octanol–water partition coefficient (Wildman–Crippen LogP) is 2.52. The zero-order valence-electron chi connectivity index (χ0n) is 16.3. The highest BCUT2D eigenvalue weighted by atomic mass is 16.5. The number of amides is 1. The van der Waals surface area contributed by atoms with Gasteiger partial charge in [0.15, 0.2) is 0 Å². The Kier molecular flexibility index (Phi) is 8.11. The molecule has 0 aromatic heterocycles. The van der Waals surface area contributed by atoms with Crippen molar-refractivity contribution in [2.45, 2.75) is 69.6 Å². The molecule has 2 N–H and O–H groups in total. The second-order valence-corrected chi connectivity index (χ2v) is 7.89. The van der Waals surface area contributed by atoms with Crippen molar-refractivity contribution in [3.05, 3.63) is 35.9 Å². The number of carbonyl (C=O) groups excluding carboxylic acids is 1. The molecular formula is C22H34N2O3. The first-order chi connectivity index (χ1) is 13.2. The molecule has 1 saturated carbocycles. The van der Waals surface area contributed by atoms with E-state index in [4.69, 9.17) is 4.74 Å². The molecule has 2 aliphatic rings. The van der Waals surface area contributed by atoms with Crippen LogP contribution in [0.25, 0.3) is 0 Å². The van der Waals surface area contributed by atoms with Crippen molar-refractivity contribution >= 4 is 5.91 Å². The quantitative estimate of drug-likeness (QED) is 0.652. The van der Waals surface area contributed by atoms with Crippen molar-refractivity contribution in [2.75, 3.05) is 26.3 Å². The van der Waals surface area contributed by atoms with Crippen LogP contribution >= 0.6 is 0 Å². The number of hydrogen-bond acceptors (Lipinski definition) is 4. The van der Waals surface area contributed by atoms with Gasteiger partial charge in [0.25, 0.3) is 0 Å². The maximum atomic E-state index is 12.1. The molecule has 1 saturated heterocycles. The van der Waals surface area contributed by atoms with Gasteiger partial charge < -0.3 is 15.2 Å². The van der Waals surface area contributed by atoms with Gasteiger partial charge in [0.1, 0.15) is 0 Å². The van der Waals surface area contributed by atoms with E-state index in [1.807, 2.05) is 18.2 Å². The summed E-state index contributed by atoms with van der Waals surface area (Å²) in [6, 6.07) is 10.9. The summed E-state index contributed by atoms with van der Waals surface area (Å²) in [6.07, 6.45) is 7.23. The van der Waals surface area contributed by atoms with E-state index in [1.165, 1.54) is 5.56 Å². The van der Waals surface area contributed by atoms with E-state index in [9.17, 15) is 9.90 Å². The number of ether oxygens (including phenoxy) is 1. The molecule has 3 rings (SSSR count). The minimum Gasteiger partial charge on any atom is -0.391 e. The standard InChI is InChI=1S/C22H34N2O3/c25-21-9-4-8-20(21)24-14-11-19(12-15-24)23-22(26)10-5-16-27-17-13-18-6-2-1-3-7-18/h1-3,6-7,19-21,25H,4-5,8-17H2,(H,23,26)/t20-,21-/m1/s1. The summed E-state index contributed by atoms with van der Waals surface area (Å²) in [5.74, 6) is 0.140. The maximum Gasteiger partial charge on any atom is 0.220 e. The van der Waals surface area contributed by atoms with Crippen LogP contribution in [0.1, 0.15) is 50.5 Å². The molecule has 1 aliphatic carbocycles. The smallest absolute Gasteiger partial charge is 0.220 e. The molecule has 27 heavy (non-hydrogen) atoms. The highest BCUT2D eigenvalue weighted by Crippen LogP contribution is 2.26. The predicted molar refractivity (Wildman–Crippen MR) is 107 cm³/mol. The van der Waals surface area contributed by atoms with Crippen LogP contribution in [0.15, 0.2) is 30.3 Å². The van der Waals surface area contributed by atoms with Crippen molar-refractivity contribution in [3.8, 4) is 0 Å². The third kappa shape index (κ3) is 6.59. The minimum absolute atomic E-state index is 0.140. The Morgan fingerprint density at radius 2 is 1.89 bits per heavy atom. The average molecular weight is 375 g/mol. The van der Waals surface area contributed by atoms with Crippen LogP contribution in [0.5, 0.6) is 0 Å². The van der Waals surface area contributed by atoms with Gasteiger partial charge in [-0.2, -0.15) is 0 Å². The summed E-state index contributed by atoms with van der Waals surface area (Å²) >= 11 is 0. The molecule has 150 valence electrons. The largest absolute Gasteiger partial charge is 0.391 e. The molecule has 1 amide bonds. The van der Waals surface area contributed by atoms with Gasteiger partial charge in [-0.15, -0.1) is 0 Å². The monoisotopic (exact) mass is 374 g/mol. The molecule has 1 heterocycles. The summed E-state index contributed by atoms with van der Waals surface area (Å²) in [5, 5.41) is 13.2. The van der Waals surface area contributed by atoms with Crippen LogP contribution in [-0.2, 0) is 16.0 Å². The van der Waals surface area contributed by atoms with Crippen LogP contribution in [0, 0.1) is 0 Å². The van der Waals surface area contributed by atoms with Gasteiger partial charge in [0.2, 0.25) is 5.91 Å². The van der Waals surface area contributed by atoms with Gasteiger partial charge in [0.05, 0.1) is 12.7 Å². The summed E-state index contributed by atoms with van der Waals surface area (Å²) in [6.45, 7) is 3.31. The topological polar surface area (TPSA) is 61.8 Å². The normalized spacial score (nSPS) is 24.2. The van der Waals surface area contributed by atoms with Crippen LogP contribution in [0.2, 0.25) is 0 Å².